The van der Waals surface area contributed by atoms with Gasteiger partial charge in [0.05, 0.1) is 24.8 Å². The van der Waals surface area contributed by atoms with Gasteiger partial charge in [-0.2, -0.15) is 18.4 Å². The molecule has 0 radical (unpaired) electrons. The maximum absolute atomic E-state index is 12.6. The number of hydrogen-bond donors (Lipinski definition) is 0. The van der Waals surface area contributed by atoms with Crippen molar-refractivity contribution in [2.24, 2.45) is 0 Å². The number of halogens is 3. The highest BCUT2D eigenvalue weighted by Crippen LogP contribution is 2.32. The van der Waals surface area contributed by atoms with Crippen LogP contribution in [0.4, 0.5) is 18.9 Å². The van der Waals surface area contributed by atoms with Crippen molar-refractivity contribution in [1.29, 1.82) is 5.26 Å². The molecule has 0 spiro atoms. The summed E-state index contributed by atoms with van der Waals surface area (Å²) in [6.07, 6.45) is -4.37. The second-order valence-electron chi connectivity index (χ2n) is 3.96. The van der Waals surface area contributed by atoms with Crippen LogP contribution in [0.2, 0.25) is 0 Å². The molecule has 1 aromatic rings. The Kier molecular flexibility index (Phi) is 3.43. The molecule has 0 bridgehead atoms. The van der Waals surface area contributed by atoms with E-state index in [2.05, 4.69) is 0 Å². The molecule has 0 N–H and O–H groups in total. The van der Waals surface area contributed by atoms with Gasteiger partial charge in [-0.1, -0.05) is 6.07 Å². The van der Waals surface area contributed by atoms with Gasteiger partial charge in [-0.15, -0.1) is 0 Å². The third-order valence-corrected chi connectivity index (χ3v) is 2.78. The summed E-state index contributed by atoms with van der Waals surface area (Å²) < 4.78 is 43.0. The first kappa shape index (κ1) is 12.7. The smallest absolute Gasteiger partial charge is 0.376 e. The summed E-state index contributed by atoms with van der Waals surface area (Å²) in [6.45, 7) is 1.04. The molecule has 1 aliphatic rings. The van der Waals surface area contributed by atoms with Crippen LogP contribution in [0.1, 0.15) is 5.56 Å². The van der Waals surface area contributed by atoms with E-state index in [-0.39, 0.29) is 6.61 Å². The average Bonchev–Trinajstić information content (AvgIpc) is 2.38. The Morgan fingerprint density at radius 1 is 1.39 bits per heavy atom. The summed E-state index contributed by atoms with van der Waals surface area (Å²) in [5.74, 6) is 0. The quantitative estimate of drug-likeness (QED) is 0.774. The zero-order valence-electron chi connectivity index (χ0n) is 9.44. The first-order chi connectivity index (χ1) is 8.52. The van der Waals surface area contributed by atoms with Crippen molar-refractivity contribution in [3.05, 3.63) is 29.8 Å². The van der Waals surface area contributed by atoms with Crippen molar-refractivity contribution >= 4 is 5.69 Å². The fraction of sp³-hybridized carbons (Fsp3) is 0.417. The second-order valence-corrected chi connectivity index (χ2v) is 3.96. The van der Waals surface area contributed by atoms with Crippen LogP contribution in [0, 0.1) is 11.3 Å². The van der Waals surface area contributed by atoms with Crippen molar-refractivity contribution in [1.82, 2.24) is 0 Å². The third-order valence-electron chi connectivity index (χ3n) is 2.78. The number of anilines is 1. The van der Waals surface area contributed by atoms with E-state index < -0.39 is 17.8 Å². The van der Waals surface area contributed by atoms with E-state index in [4.69, 9.17) is 10.00 Å². The van der Waals surface area contributed by atoms with Crippen LogP contribution < -0.4 is 4.90 Å². The van der Waals surface area contributed by atoms with E-state index in [1.54, 1.807) is 11.0 Å². The van der Waals surface area contributed by atoms with Gasteiger partial charge in [0.15, 0.2) is 0 Å². The molecule has 6 heteroatoms. The van der Waals surface area contributed by atoms with Gasteiger partial charge in [-0.25, -0.2) is 0 Å². The summed E-state index contributed by atoms with van der Waals surface area (Å²) in [5, 5.41) is 8.96. The zero-order valence-corrected chi connectivity index (χ0v) is 9.44. The molecule has 18 heavy (non-hydrogen) atoms. The van der Waals surface area contributed by atoms with E-state index in [0.717, 1.165) is 12.1 Å². The SMILES string of the molecule is N#CC1COCCN1c1cccc(C(F)(F)F)c1. The lowest BCUT2D eigenvalue weighted by molar-refractivity contribution is -0.137. The fourth-order valence-electron chi connectivity index (χ4n) is 1.88. The van der Waals surface area contributed by atoms with Gasteiger partial charge in [0.25, 0.3) is 0 Å². The van der Waals surface area contributed by atoms with E-state index in [0.29, 0.717) is 18.8 Å². The number of hydrogen-bond acceptors (Lipinski definition) is 3. The molecule has 96 valence electrons. The number of alkyl halides is 3. The Hall–Kier alpha value is -1.74. The summed E-state index contributed by atoms with van der Waals surface area (Å²) >= 11 is 0. The van der Waals surface area contributed by atoms with Crippen molar-refractivity contribution in [3.63, 3.8) is 0 Å². The molecule has 3 nitrogen and oxygen atoms in total. The van der Waals surface area contributed by atoms with Crippen LogP contribution in [-0.2, 0) is 10.9 Å². The van der Waals surface area contributed by atoms with Crippen molar-refractivity contribution in [2.75, 3.05) is 24.7 Å². The van der Waals surface area contributed by atoms with Crippen LogP contribution in [0.3, 0.4) is 0 Å². The molecule has 1 aromatic carbocycles. The van der Waals surface area contributed by atoms with E-state index in [9.17, 15) is 13.2 Å². The highest BCUT2D eigenvalue weighted by molar-refractivity contribution is 5.51. The normalized spacial score (nSPS) is 20.6. The molecule has 0 amide bonds. The molecule has 1 saturated heterocycles. The van der Waals surface area contributed by atoms with Gasteiger partial charge in [0.1, 0.15) is 6.04 Å². The van der Waals surface area contributed by atoms with Crippen LogP contribution in [-0.4, -0.2) is 25.8 Å². The second kappa shape index (κ2) is 4.86. The number of morpholine rings is 1. The highest BCUT2D eigenvalue weighted by Gasteiger charge is 2.31. The Balaban J connectivity index is 2.30. The summed E-state index contributed by atoms with van der Waals surface area (Å²) in [6, 6.07) is 6.50. The minimum atomic E-state index is -4.37. The fourth-order valence-corrected chi connectivity index (χ4v) is 1.88. The molecule has 0 aliphatic carbocycles. The van der Waals surface area contributed by atoms with Crippen molar-refractivity contribution in [2.45, 2.75) is 12.2 Å². The lowest BCUT2D eigenvalue weighted by Crippen LogP contribution is -2.44. The Bertz CT molecular complexity index is 467. The topological polar surface area (TPSA) is 36.3 Å². The summed E-state index contributed by atoms with van der Waals surface area (Å²) in [4.78, 5) is 1.64. The van der Waals surface area contributed by atoms with Gasteiger partial charge in [-0.3, -0.25) is 0 Å². The van der Waals surface area contributed by atoms with Gasteiger partial charge in [-0.05, 0) is 18.2 Å². The lowest BCUT2D eigenvalue weighted by Gasteiger charge is -2.33. The summed E-state index contributed by atoms with van der Waals surface area (Å²) in [7, 11) is 0. The minimum absolute atomic E-state index is 0.215. The minimum Gasteiger partial charge on any atom is -0.376 e. The Morgan fingerprint density at radius 2 is 2.17 bits per heavy atom. The molecule has 1 atom stereocenters. The molecule has 0 aromatic heterocycles. The van der Waals surface area contributed by atoms with Crippen LogP contribution in [0.25, 0.3) is 0 Å². The Labute approximate surface area is 102 Å². The van der Waals surface area contributed by atoms with Gasteiger partial charge in [0.2, 0.25) is 0 Å². The van der Waals surface area contributed by atoms with Gasteiger partial charge < -0.3 is 9.64 Å². The first-order valence-corrected chi connectivity index (χ1v) is 5.43. The Morgan fingerprint density at radius 3 is 2.83 bits per heavy atom. The first-order valence-electron chi connectivity index (χ1n) is 5.43. The molecule has 1 fully saturated rings. The van der Waals surface area contributed by atoms with Crippen molar-refractivity contribution < 1.29 is 17.9 Å². The standard InChI is InChI=1S/C12H11F3N2O/c13-12(14,15)9-2-1-3-10(6-9)17-4-5-18-8-11(17)7-16/h1-3,6,11H,4-5,8H2. The predicted octanol–water partition coefficient (Wildman–Crippen LogP) is 2.43. The summed E-state index contributed by atoms with van der Waals surface area (Å²) in [5.41, 5.74) is -0.303. The number of benzene rings is 1. The molecular formula is C12H11F3N2O. The number of ether oxygens (including phenoxy) is 1. The molecule has 1 aliphatic heterocycles. The number of rotatable bonds is 1. The van der Waals surface area contributed by atoms with E-state index in [1.165, 1.54) is 6.07 Å². The molecule has 1 heterocycles. The third kappa shape index (κ3) is 2.57. The maximum atomic E-state index is 12.6. The van der Waals surface area contributed by atoms with Crippen LogP contribution in [0.15, 0.2) is 24.3 Å². The van der Waals surface area contributed by atoms with Crippen molar-refractivity contribution in [3.8, 4) is 6.07 Å². The van der Waals surface area contributed by atoms with Gasteiger partial charge >= 0.3 is 6.18 Å². The van der Waals surface area contributed by atoms with Crippen LogP contribution in [0.5, 0.6) is 0 Å². The predicted molar refractivity (Wildman–Crippen MR) is 59.0 cm³/mol. The zero-order chi connectivity index (χ0) is 13.2. The van der Waals surface area contributed by atoms with Crippen LogP contribution >= 0.6 is 0 Å². The average molecular weight is 256 g/mol. The highest BCUT2D eigenvalue weighted by atomic mass is 19.4. The van der Waals surface area contributed by atoms with E-state index >= 15 is 0 Å². The lowest BCUT2D eigenvalue weighted by atomic mass is 10.1. The monoisotopic (exact) mass is 256 g/mol. The maximum Gasteiger partial charge on any atom is 0.416 e. The molecular weight excluding hydrogens is 245 g/mol. The largest absolute Gasteiger partial charge is 0.416 e. The van der Waals surface area contributed by atoms with Gasteiger partial charge in [0, 0.05) is 12.2 Å². The molecule has 1 unspecified atom stereocenters. The van der Waals surface area contributed by atoms with E-state index in [1.807, 2.05) is 6.07 Å². The molecule has 2 rings (SSSR count). The number of nitriles is 1. The molecule has 0 saturated carbocycles. The number of nitrogens with zero attached hydrogens (tertiary/aromatic N) is 2.